The maximum absolute atomic E-state index is 13.5. The van der Waals surface area contributed by atoms with E-state index in [0.29, 0.717) is 19.0 Å². The van der Waals surface area contributed by atoms with Crippen molar-refractivity contribution in [3.8, 4) is 0 Å². The number of nitrogens with zero attached hydrogens (tertiary/aromatic N) is 1. The Hall–Kier alpha value is -1.49. The van der Waals surface area contributed by atoms with Gasteiger partial charge in [-0.15, -0.1) is 0 Å². The monoisotopic (exact) mass is 254 g/mol. The van der Waals surface area contributed by atoms with Crippen LogP contribution in [0.3, 0.4) is 0 Å². The third-order valence-corrected chi connectivity index (χ3v) is 3.22. The number of benzene rings is 1. The summed E-state index contributed by atoms with van der Waals surface area (Å²) >= 11 is 0. The summed E-state index contributed by atoms with van der Waals surface area (Å²) in [7, 11) is 1.86. The van der Waals surface area contributed by atoms with Gasteiger partial charge in [0.1, 0.15) is 11.6 Å². The summed E-state index contributed by atoms with van der Waals surface area (Å²) in [4.78, 5) is 13.7. The predicted molar refractivity (Wildman–Crippen MR) is 64.3 cm³/mol. The topological polar surface area (TPSA) is 32.3 Å². The van der Waals surface area contributed by atoms with Crippen molar-refractivity contribution in [2.24, 2.45) is 5.92 Å². The molecule has 5 heteroatoms. The van der Waals surface area contributed by atoms with Gasteiger partial charge < -0.3 is 10.2 Å². The molecule has 1 aromatic rings. The third kappa shape index (κ3) is 2.67. The normalized spacial score (nSPS) is 19.3. The molecule has 0 saturated carbocycles. The van der Waals surface area contributed by atoms with E-state index < -0.39 is 17.5 Å². The zero-order chi connectivity index (χ0) is 13.1. The van der Waals surface area contributed by atoms with E-state index in [-0.39, 0.29) is 5.56 Å². The van der Waals surface area contributed by atoms with E-state index in [1.807, 2.05) is 7.05 Å². The summed E-state index contributed by atoms with van der Waals surface area (Å²) in [5.41, 5.74) is -0.180. The zero-order valence-electron chi connectivity index (χ0n) is 10.2. The Bertz CT molecular complexity index is 451. The maximum atomic E-state index is 13.5. The minimum absolute atomic E-state index is 0.180. The van der Waals surface area contributed by atoms with Crippen LogP contribution in [0.25, 0.3) is 0 Å². The Morgan fingerprint density at radius 3 is 3.00 bits per heavy atom. The minimum Gasteiger partial charge on any atom is -0.338 e. The molecule has 1 N–H and O–H groups in total. The molecular weight excluding hydrogens is 238 g/mol. The van der Waals surface area contributed by atoms with Gasteiger partial charge in [-0.1, -0.05) is 0 Å². The van der Waals surface area contributed by atoms with E-state index in [4.69, 9.17) is 0 Å². The lowest BCUT2D eigenvalue weighted by Crippen LogP contribution is -2.31. The van der Waals surface area contributed by atoms with E-state index in [2.05, 4.69) is 5.32 Å². The fourth-order valence-electron chi connectivity index (χ4n) is 2.30. The highest BCUT2D eigenvalue weighted by Crippen LogP contribution is 2.20. The van der Waals surface area contributed by atoms with Gasteiger partial charge in [0, 0.05) is 13.1 Å². The standard InChI is InChI=1S/C13H16F2N2O/c1-16-7-9-4-5-17(8-9)13(18)11-6-10(14)2-3-12(11)15/h2-3,6,9,16H,4-5,7-8H2,1H3/t9-/m0/s1. The van der Waals surface area contributed by atoms with Crippen molar-refractivity contribution >= 4 is 5.91 Å². The highest BCUT2D eigenvalue weighted by molar-refractivity contribution is 5.94. The van der Waals surface area contributed by atoms with E-state index in [0.717, 1.165) is 31.2 Å². The van der Waals surface area contributed by atoms with Crippen molar-refractivity contribution in [1.29, 1.82) is 0 Å². The Morgan fingerprint density at radius 2 is 2.28 bits per heavy atom. The van der Waals surface area contributed by atoms with Crippen LogP contribution in [0, 0.1) is 17.6 Å². The average molecular weight is 254 g/mol. The van der Waals surface area contributed by atoms with Gasteiger partial charge in [-0.2, -0.15) is 0 Å². The Labute approximate surface area is 105 Å². The number of carbonyl (C=O) groups excluding carboxylic acids is 1. The summed E-state index contributed by atoms with van der Waals surface area (Å²) in [5.74, 6) is -1.30. The third-order valence-electron chi connectivity index (χ3n) is 3.22. The van der Waals surface area contributed by atoms with Crippen LogP contribution in [-0.4, -0.2) is 37.5 Å². The fourth-order valence-corrected chi connectivity index (χ4v) is 2.30. The van der Waals surface area contributed by atoms with Gasteiger partial charge in [0.25, 0.3) is 5.91 Å². The molecule has 1 saturated heterocycles. The molecule has 1 atom stereocenters. The van der Waals surface area contributed by atoms with Crippen molar-refractivity contribution in [2.45, 2.75) is 6.42 Å². The summed E-state index contributed by atoms with van der Waals surface area (Å²) in [6, 6.07) is 2.96. The van der Waals surface area contributed by atoms with Crippen LogP contribution < -0.4 is 5.32 Å². The summed E-state index contributed by atoms with van der Waals surface area (Å²) in [6.45, 7) is 2.02. The predicted octanol–water partition coefficient (Wildman–Crippen LogP) is 1.65. The van der Waals surface area contributed by atoms with E-state index in [1.165, 1.54) is 0 Å². The lowest BCUT2D eigenvalue weighted by Gasteiger charge is -2.17. The SMILES string of the molecule is CNC[C@@H]1CCN(C(=O)c2cc(F)ccc2F)C1. The van der Waals surface area contributed by atoms with Gasteiger partial charge in [-0.3, -0.25) is 4.79 Å². The Morgan fingerprint density at radius 1 is 1.50 bits per heavy atom. The van der Waals surface area contributed by atoms with E-state index >= 15 is 0 Å². The van der Waals surface area contributed by atoms with Gasteiger partial charge in [0.05, 0.1) is 5.56 Å². The van der Waals surface area contributed by atoms with Gasteiger partial charge in [-0.05, 0) is 44.1 Å². The second-order valence-electron chi connectivity index (χ2n) is 4.59. The number of amides is 1. The van der Waals surface area contributed by atoms with E-state index in [1.54, 1.807) is 4.90 Å². The van der Waals surface area contributed by atoms with Crippen LogP contribution in [0.1, 0.15) is 16.8 Å². The van der Waals surface area contributed by atoms with Crippen LogP contribution in [0.4, 0.5) is 8.78 Å². The molecule has 1 amide bonds. The first kappa shape index (κ1) is 13.0. The maximum Gasteiger partial charge on any atom is 0.256 e. The lowest BCUT2D eigenvalue weighted by molar-refractivity contribution is 0.0782. The van der Waals surface area contributed by atoms with Gasteiger partial charge in [0.15, 0.2) is 0 Å². The molecule has 0 spiro atoms. The number of likely N-dealkylation sites (tertiary alicyclic amines) is 1. The number of hydrogen-bond acceptors (Lipinski definition) is 2. The Kier molecular flexibility index (Phi) is 3.91. The van der Waals surface area contributed by atoms with Gasteiger partial charge in [0.2, 0.25) is 0 Å². The molecule has 0 unspecified atom stereocenters. The number of rotatable bonds is 3. The molecule has 2 rings (SSSR count). The van der Waals surface area contributed by atoms with Crippen LogP contribution in [-0.2, 0) is 0 Å². The molecule has 1 aromatic carbocycles. The molecule has 0 radical (unpaired) electrons. The molecule has 0 aromatic heterocycles. The van der Waals surface area contributed by atoms with Crippen molar-refractivity contribution in [3.05, 3.63) is 35.4 Å². The molecule has 0 aliphatic carbocycles. The Balaban J connectivity index is 2.10. The minimum atomic E-state index is -0.668. The van der Waals surface area contributed by atoms with Crippen molar-refractivity contribution in [3.63, 3.8) is 0 Å². The second kappa shape index (κ2) is 5.44. The molecule has 1 aliphatic rings. The van der Waals surface area contributed by atoms with Crippen molar-refractivity contribution < 1.29 is 13.6 Å². The molecular formula is C13H16F2N2O. The molecule has 0 bridgehead atoms. The first-order valence-corrected chi connectivity index (χ1v) is 6.00. The van der Waals surface area contributed by atoms with Gasteiger partial charge >= 0.3 is 0 Å². The molecule has 1 heterocycles. The summed E-state index contributed by atoms with van der Waals surface area (Å²) in [6.07, 6.45) is 0.892. The highest BCUT2D eigenvalue weighted by atomic mass is 19.1. The highest BCUT2D eigenvalue weighted by Gasteiger charge is 2.28. The quantitative estimate of drug-likeness (QED) is 0.889. The molecule has 18 heavy (non-hydrogen) atoms. The van der Waals surface area contributed by atoms with Crippen LogP contribution in [0.5, 0.6) is 0 Å². The molecule has 1 aliphatic heterocycles. The smallest absolute Gasteiger partial charge is 0.256 e. The molecule has 1 fully saturated rings. The summed E-state index contributed by atoms with van der Waals surface area (Å²) in [5, 5.41) is 3.06. The van der Waals surface area contributed by atoms with Crippen molar-refractivity contribution in [2.75, 3.05) is 26.7 Å². The second-order valence-corrected chi connectivity index (χ2v) is 4.59. The number of halogens is 2. The molecule has 3 nitrogen and oxygen atoms in total. The summed E-state index contributed by atoms with van der Waals surface area (Å²) < 4.78 is 26.5. The number of nitrogens with one attached hydrogen (secondary N) is 1. The first-order valence-electron chi connectivity index (χ1n) is 6.00. The van der Waals surface area contributed by atoms with Crippen LogP contribution >= 0.6 is 0 Å². The van der Waals surface area contributed by atoms with Gasteiger partial charge in [-0.25, -0.2) is 8.78 Å². The van der Waals surface area contributed by atoms with Crippen molar-refractivity contribution in [1.82, 2.24) is 10.2 Å². The largest absolute Gasteiger partial charge is 0.338 e. The average Bonchev–Trinajstić information content (AvgIpc) is 2.80. The number of carbonyl (C=O) groups is 1. The number of hydrogen-bond donors (Lipinski definition) is 1. The first-order chi connectivity index (χ1) is 8.61. The van der Waals surface area contributed by atoms with Crippen LogP contribution in [0.2, 0.25) is 0 Å². The van der Waals surface area contributed by atoms with Crippen LogP contribution in [0.15, 0.2) is 18.2 Å². The lowest BCUT2D eigenvalue weighted by atomic mass is 10.1. The van der Waals surface area contributed by atoms with E-state index in [9.17, 15) is 13.6 Å². The molecule has 98 valence electrons. The zero-order valence-corrected chi connectivity index (χ0v) is 10.2. The fraction of sp³-hybridized carbons (Fsp3) is 0.462.